The average molecular weight is 203 g/mol. The smallest absolute Gasteiger partial charge is 0.162 e. The third-order valence-corrected chi connectivity index (χ3v) is 2.74. The van der Waals surface area contributed by atoms with Gasteiger partial charge in [-0.25, -0.2) is 0 Å². The number of ketones is 1. The molecule has 1 aromatic carbocycles. The summed E-state index contributed by atoms with van der Waals surface area (Å²) >= 11 is 0. The molecular weight excluding hydrogens is 194 g/mol. The highest BCUT2D eigenvalue weighted by Gasteiger charge is 2.47. The van der Waals surface area contributed by atoms with E-state index < -0.39 is 5.41 Å². The van der Waals surface area contributed by atoms with Crippen LogP contribution in [0.1, 0.15) is 18.4 Å². The number of nitrogens with zero attached hydrogens (tertiary/aromatic N) is 1. The van der Waals surface area contributed by atoms with E-state index in [-0.39, 0.29) is 30.1 Å². The van der Waals surface area contributed by atoms with Crippen molar-refractivity contribution >= 4 is 5.78 Å². The molecule has 4 nitrogen and oxygen atoms in total. The van der Waals surface area contributed by atoms with Gasteiger partial charge in [0, 0.05) is 18.4 Å². The number of para-hydroxylation sites is 1. The van der Waals surface area contributed by atoms with E-state index in [0.29, 0.717) is 5.56 Å². The van der Waals surface area contributed by atoms with Crippen molar-refractivity contribution in [3.05, 3.63) is 23.8 Å². The first-order valence-corrected chi connectivity index (χ1v) is 4.53. The maximum atomic E-state index is 10.9. The van der Waals surface area contributed by atoms with Gasteiger partial charge in [0.1, 0.15) is 5.78 Å². The monoisotopic (exact) mass is 203 g/mol. The van der Waals surface area contributed by atoms with Crippen molar-refractivity contribution < 1.29 is 15.0 Å². The fourth-order valence-electron chi connectivity index (χ4n) is 1.87. The number of carbonyl (C=O) groups excluding carboxylic acids is 1. The second-order valence-corrected chi connectivity index (χ2v) is 3.76. The summed E-state index contributed by atoms with van der Waals surface area (Å²) in [5.41, 5.74) is -0.607. The molecule has 0 amide bonds. The van der Waals surface area contributed by atoms with E-state index in [1.54, 1.807) is 12.1 Å². The molecule has 0 bridgehead atoms. The zero-order chi connectivity index (χ0) is 11.1. The third kappa shape index (κ3) is 1.24. The van der Waals surface area contributed by atoms with Crippen LogP contribution in [0.2, 0.25) is 0 Å². The van der Waals surface area contributed by atoms with Gasteiger partial charge in [-0.1, -0.05) is 12.1 Å². The van der Waals surface area contributed by atoms with Crippen LogP contribution in [-0.4, -0.2) is 16.0 Å². The van der Waals surface area contributed by atoms with Gasteiger partial charge < -0.3 is 10.2 Å². The minimum Gasteiger partial charge on any atom is -0.504 e. The SMILES string of the molecule is N#CC1(c2cccc(O)c2O)CC(=O)C1. The zero-order valence-electron chi connectivity index (χ0n) is 7.90. The molecule has 1 aromatic rings. The molecule has 15 heavy (non-hydrogen) atoms. The van der Waals surface area contributed by atoms with Gasteiger partial charge in [-0.05, 0) is 6.07 Å². The first kappa shape index (κ1) is 9.53. The Kier molecular flexibility index (Phi) is 1.90. The van der Waals surface area contributed by atoms with Crippen molar-refractivity contribution in [2.24, 2.45) is 0 Å². The molecule has 2 N–H and O–H groups in total. The molecule has 1 saturated carbocycles. The molecule has 0 saturated heterocycles. The molecular formula is C11H9NO3. The minimum atomic E-state index is -0.945. The van der Waals surface area contributed by atoms with E-state index in [0.717, 1.165) is 0 Å². The molecule has 0 radical (unpaired) electrons. The zero-order valence-corrected chi connectivity index (χ0v) is 7.90. The number of Topliss-reactive ketones (excluding diaryl/α,β-unsaturated/α-hetero) is 1. The van der Waals surface area contributed by atoms with Gasteiger partial charge in [-0.3, -0.25) is 4.79 Å². The number of nitriles is 1. The van der Waals surface area contributed by atoms with Crippen molar-refractivity contribution in [2.75, 3.05) is 0 Å². The molecule has 76 valence electrons. The van der Waals surface area contributed by atoms with Crippen molar-refractivity contribution in [3.63, 3.8) is 0 Å². The summed E-state index contributed by atoms with van der Waals surface area (Å²) in [6.07, 6.45) is 0.223. The number of carbonyl (C=O) groups is 1. The van der Waals surface area contributed by atoms with Crippen LogP contribution in [0, 0.1) is 11.3 Å². The highest BCUT2D eigenvalue weighted by molar-refractivity contribution is 5.90. The Morgan fingerprint density at radius 1 is 1.33 bits per heavy atom. The van der Waals surface area contributed by atoms with Gasteiger partial charge in [0.05, 0.1) is 11.5 Å². The van der Waals surface area contributed by atoms with Crippen molar-refractivity contribution in [3.8, 4) is 17.6 Å². The molecule has 0 aromatic heterocycles. The van der Waals surface area contributed by atoms with Gasteiger partial charge >= 0.3 is 0 Å². The second kappa shape index (κ2) is 2.99. The number of hydrogen-bond acceptors (Lipinski definition) is 4. The Hall–Kier alpha value is -2.02. The minimum absolute atomic E-state index is 0.000655. The van der Waals surface area contributed by atoms with Crippen molar-refractivity contribution in [1.29, 1.82) is 5.26 Å². The normalized spacial score (nSPS) is 17.9. The van der Waals surface area contributed by atoms with Gasteiger partial charge in [0.2, 0.25) is 0 Å². The lowest BCUT2D eigenvalue weighted by molar-refractivity contribution is -0.126. The first-order chi connectivity index (χ1) is 7.09. The number of hydrogen-bond donors (Lipinski definition) is 2. The van der Waals surface area contributed by atoms with Crippen LogP contribution >= 0.6 is 0 Å². The largest absolute Gasteiger partial charge is 0.504 e. The summed E-state index contributed by atoms with van der Waals surface area (Å²) in [7, 11) is 0. The molecule has 2 rings (SSSR count). The number of phenolic OH excluding ortho intramolecular Hbond substituents is 2. The van der Waals surface area contributed by atoms with Crippen LogP contribution in [0.4, 0.5) is 0 Å². The van der Waals surface area contributed by atoms with Gasteiger partial charge in [0.25, 0.3) is 0 Å². The molecule has 0 aliphatic heterocycles. The predicted octanol–water partition coefficient (Wildman–Crippen LogP) is 1.22. The number of phenols is 2. The summed E-state index contributed by atoms with van der Waals surface area (Å²) in [6.45, 7) is 0. The maximum Gasteiger partial charge on any atom is 0.162 e. The quantitative estimate of drug-likeness (QED) is 0.672. The lowest BCUT2D eigenvalue weighted by Gasteiger charge is -2.34. The molecule has 1 aliphatic rings. The lowest BCUT2D eigenvalue weighted by atomic mass is 9.64. The second-order valence-electron chi connectivity index (χ2n) is 3.76. The highest BCUT2D eigenvalue weighted by atomic mass is 16.3. The van der Waals surface area contributed by atoms with Crippen molar-refractivity contribution in [2.45, 2.75) is 18.3 Å². The van der Waals surface area contributed by atoms with E-state index >= 15 is 0 Å². The van der Waals surface area contributed by atoms with E-state index in [2.05, 4.69) is 0 Å². The molecule has 1 fully saturated rings. The Morgan fingerprint density at radius 3 is 2.53 bits per heavy atom. The van der Waals surface area contributed by atoms with Crippen LogP contribution in [0.15, 0.2) is 18.2 Å². The van der Waals surface area contributed by atoms with Crippen LogP contribution in [-0.2, 0) is 10.2 Å². The summed E-state index contributed by atoms with van der Waals surface area (Å²) in [6, 6.07) is 6.48. The molecule has 0 spiro atoms. The number of aromatic hydroxyl groups is 2. The molecule has 0 heterocycles. The summed E-state index contributed by atoms with van der Waals surface area (Å²) in [4.78, 5) is 10.9. The van der Waals surface area contributed by atoms with Gasteiger partial charge in [-0.15, -0.1) is 0 Å². The van der Waals surface area contributed by atoms with Crippen LogP contribution < -0.4 is 0 Å². The maximum absolute atomic E-state index is 10.9. The number of rotatable bonds is 1. The topological polar surface area (TPSA) is 81.3 Å². The summed E-state index contributed by atoms with van der Waals surface area (Å²) in [5.74, 6) is -0.563. The van der Waals surface area contributed by atoms with Crippen LogP contribution in [0.5, 0.6) is 11.5 Å². The van der Waals surface area contributed by atoms with E-state index in [1.165, 1.54) is 6.07 Å². The highest BCUT2D eigenvalue weighted by Crippen LogP contribution is 2.46. The van der Waals surface area contributed by atoms with Crippen LogP contribution in [0.25, 0.3) is 0 Å². The fraction of sp³-hybridized carbons (Fsp3) is 0.273. The number of benzene rings is 1. The average Bonchev–Trinajstić information content (AvgIpc) is 2.17. The Morgan fingerprint density at radius 2 is 2.00 bits per heavy atom. The summed E-state index contributed by atoms with van der Waals surface area (Å²) < 4.78 is 0. The fourth-order valence-corrected chi connectivity index (χ4v) is 1.87. The van der Waals surface area contributed by atoms with E-state index in [1.807, 2.05) is 6.07 Å². The third-order valence-electron chi connectivity index (χ3n) is 2.74. The Labute approximate surface area is 86.4 Å². The Balaban J connectivity index is 2.50. The first-order valence-electron chi connectivity index (χ1n) is 4.53. The van der Waals surface area contributed by atoms with Crippen molar-refractivity contribution in [1.82, 2.24) is 0 Å². The standard InChI is InChI=1S/C11H9NO3/c12-6-11(4-7(13)5-11)8-2-1-3-9(14)10(8)15/h1-3,14-15H,4-5H2. The Bertz CT molecular complexity index is 465. The summed E-state index contributed by atoms with van der Waals surface area (Å²) in [5, 5.41) is 27.9. The van der Waals surface area contributed by atoms with Gasteiger partial charge in [-0.2, -0.15) is 5.26 Å². The molecule has 0 unspecified atom stereocenters. The predicted molar refractivity (Wildman–Crippen MR) is 51.3 cm³/mol. The van der Waals surface area contributed by atoms with E-state index in [4.69, 9.17) is 5.26 Å². The van der Waals surface area contributed by atoms with Crippen LogP contribution in [0.3, 0.4) is 0 Å². The molecule has 4 heteroatoms. The molecule has 1 aliphatic carbocycles. The lowest BCUT2D eigenvalue weighted by Crippen LogP contribution is -2.40. The van der Waals surface area contributed by atoms with E-state index in [9.17, 15) is 15.0 Å². The molecule has 0 atom stereocenters. The van der Waals surface area contributed by atoms with Gasteiger partial charge in [0.15, 0.2) is 11.5 Å².